The zero-order valence-electron chi connectivity index (χ0n) is 30.9. The molecule has 0 spiro atoms. The maximum atomic E-state index is 12.6. The van der Waals surface area contributed by atoms with Crippen molar-refractivity contribution in [3.05, 3.63) is 71.0 Å². The van der Waals surface area contributed by atoms with Gasteiger partial charge in [0.1, 0.15) is 22.9 Å². The van der Waals surface area contributed by atoms with Crippen molar-refractivity contribution in [1.82, 2.24) is 10.6 Å². The van der Waals surface area contributed by atoms with Gasteiger partial charge in [0.05, 0.1) is 26.9 Å². The molecule has 11 heteroatoms. The van der Waals surface area contributed by atoms with Gasteiger partial charge in [0.15, 0.2) is 5.78 Å². The Labute approximate surface area is 302 Å². The number of alkyl carbamates (subject to hydrolysis) is 1. The Hall–Kier alpha value is -4.54. The van der Waals surface area contributed by atoms with E-state index in [-0.39, 0.29) is 30.5 Å². The molecule has 2 aliphatic rings. The molecule has 0 aliphatic heterocycles. The van der Waals surface area contributed by atoms with Gasteiger partial charge in [-0.2, -0.15) is 0 Å². The van der Waals surface area contributed by atoms with E-state index in [4.69, 9.17) is 23.7 Å². The fraction of sp³-hybridized carbons (Fsp3) is 0.550. The van der Waals surface area contributed by atoms with Gasteiger partial charge >= 0.3 is 12.1 Å². The molecule has 0 radical (unpaired) electrons. The number of amides is 2. The molecule has 0 heterocycles. The highest BCUT2D eigenvalue weighted by molar-refractivity contribution is 6.10. The summed E-state index contributed by atoms with van der Waals surface area (Å²) in [5.74, 6) is 1.75. The number of unbranched alkanes of at least 4 members (excludes halogenated alkanes) is 2. The molecule has 280 valence electrons. The molecule has 11 nitrogen and oxygen atoms in total. The van der Waals surface area contributed by atoms with Crippen LogP contribution in [0.5, 0.6) is 11.5 Å². The molecule has 51 heavy (non-hydrogen) atoms. The van der Waals surface area contributed by atoms with Crippen LogP contribution in [0.15, 0.2) is 65.5 Å². The number of carbonyl (C=O) groups is 4. The van der Waals surface area contributed by atoms with E-state index in [1.807, 2.05) is 24.3 Å². The number of rotatable bonds is 22. The number of allylic oxidation sites excluding steroid dienone is 6. The van der Waals surface area contributed by atoms with Crippen LogP contribution < -0.4 is 20.1 Å². The van der Waals surface area contributed by atoms with Crippen molar-refractivity contribution in [1.29, 1.82) is 0 Å². The first-order valence-electron chi connectivity index (χ1n) is 18.1. The van der Waals surface area contributed by atoms with Gasteiger partial charge in [0.2, 0.25) is 5.91 Å². The highest BCUT2D eigenvalue weighted by atomic mass is 16.6. The van der Waals surface area contributed by atoms with Crippen LogP contribution in [0.2, 0.25) is 0 Å². The number of ketones is 1. The van der Waals surface area contributed by atoms with Crippen LogP contribution >= 0.6 is 0 Å². The number of benzene rings is 1. The van der Waals surface area contributed by atoms with Gasteiger partial charge in [-0.1, -0.05) is 18.2 Å². The summed E-state index contributed by atoms with van der Waals surface area (Å²) in [6.07, 6.45) is 12.9. The van der Waals surface area contributed by atoms with Crippen molar-refractivity contribution in [3.63, 3.8) is 0 Å². The van der Waals surface area contributed by atoms with Gasteiger partial charge in [0, 0.05) is 48.2 Å². The third kappa shape index (κ3) is 14.7. The Kier molecular flexibility index (Phi) is 17.3. The fourth-order valence-corrected chi connectivity index (χ4v) is 5.70. The number of nitrogens with one attached hydrogen (secondary N) is 2. The molecular formula is C40H56N2O9. The average Bonchev–Trinajstić information content (AvgIpc) is 3.09. The zero-order valence-corrected chi connectivity index (χ0v) is 30.9. The summed E-state index contributed by atoms with van der Waals surface area (Å²) in [7, 11) is 1.36. The number of methoxy groups -OCH3 is 1. The lowest BCUT2D eigenvalue weighted by Gasteiger charge is -2.25. The van der Waals surface area contributed by atoms with Crippen LogP contribution in [-0.2, 0) is 35.0 Å². The first-order valence-corrected chi connectivity index (χ1v) is 18.1. The van der Waals surface area contributed by atoms with E-state index >= 15 is 0 Å². The highest BCUT2D eigenvalue weighted by Gasteiger charge is 2.27. The quantitative estimate of drug-likeness (QED) is 0.0741. The summed E-state index contributed by atoms with van der Waals surface area (Å²) >= 11 is 0. The van der Waals surface area contributed by atoms with Crippen molar-refractivity contribution in [3.8, 4) is 11.5 Å². The molecule has 0 saturated carbocycles. The van der Waals surface area contributed by atoms with Crippen molar-refractivity contribution in [2.45, 2.75) is 103 Å². The second-order valence-corrected chi connectivity index (χ2v) is 13.5. The molecular weight excluding hydrogens is 652 g/mol. The minimum absolute atomic E-state index is 0.0635. The monoisotopic (exact) mass is 708 g/mol. The second kappa shape index (κ2) is 21.6. The van der Waals surface area contributed by atoms with Crippen molar-refractivity contribution >= 4 is 23.8 Å². The van der Waals surface area contributed by atoms with Crippen LogP contribution in [0.25, 0.3) is 0 Å². The minimum Gasteiger partial charge on any atom is -0.493 e. The number of ether oxygens (including phenoxy) is 5. The molecule has 1 aromatic rings. The van der Waals surface area contributed by atoms with Gasteiger partial charge in [-0.25, -0.2) is 4.79 Å². The van der Waals surface area contributed by atoms with E-state index in [9.17, 15) is 19.2 Å². The molecule has 0 atom stereocenters. The third-order valence-electron chi connectivity index (χ3n) is 8.14. The highest BCUT2D eigenvalue weighted by Crippen LogP contribution is 2.36. The molecule has 2 aliphatic carbocycles. The molecule has 0 fully saturated rings. The molecule has 0 unspecified atom stereocenters. The van der Waals surface area contributed by atoms with Crippen molar-refractivity contribution in [2.75, 3.05) is 40.0 Å². The first kappa shape index (κ1) is 40.9. The topological polar surface area (TPSA) is 138 Å². The van der Waals surface area contributed by atoms with Crippen LogP contribution in [-0.4, -0.2) is 69.4 Å². The summed E-state index contributed by atoms with van der Waals surface area (Å²) in [5, 5.41) is 5.52. The molecule has 2 amide bonds. The Morgan fingerprint density at radius 2 is 1.59 bits per heavy atom. The number of fused-ring (bicyclic) bond motifs is 1. The summed E-state index contributed by atoms with van der Waals surface area (Å²) in [4.78, 5) is 48.6. The van der Waals surface area contributed by atoms with E-state index < -0.39 is 11.7 Å². The van der Waals surface area contributed by atoms with E-state index in [2.05, 4.69) is 17.2 Å². The van der Waals surface area contributed by atoms with E-state index in [0.717, 1.165) is 66.6 Å². The smallest absolute Gasteiger partial charge is 0.407 e. The van der Waals surface area contributed by atoms with Crippen LogP contribution in [0.4, 0.5) is 4.79 Å². The Morgan fingerprint density at radius 3 is 2.27 bits per heavy atom. The number of hydrogen-bond donors (Lipinski definition) is 2. The SMILES string of the molecule is C=CCC1=CC(=O)C2=CCCCC2=C1OCCCCCOc1cccc(OCCCC(=O)NCCCNC(=O)OC(C)(C)C)c1CCC(=O)OC. The summed E-state index contributed by atoms with van der Waals surface area (Å²) < 4.78 is 28.6. The average molecular weight is 709 g/mol. The van der Waals surface area contributed by atoms with Crippen LogP contribution in [0, 0.1) is 0 Å². The second-order valence-electron chi connectivity index (χ2n) is 13.5. The predicted molar refractivity (Wildman–Crippen MR) is 196 cm³/mol. The lowest BCUT2D eigenvalue weighted by molar-refractivity contribution is -0.140. The minimum atomic E-state index is -0.557. The zero-order chi connectivity index (χ0) is 37.1. The molecule has 0 aromatic heterocycles. The van der Waals surface area contributed by atoms with Crippen molar-refractivity contribution in [2.24, 2.45) is 0 Å². The first-order chi connectivity index (χ1) is 24.5. The lowest BCUT2D eigenvalue weighted by atomic mass is 9.83. The Bertz CT molecular complexity index is 1450. The number of hydrogen-bond acceptors (Lipinski definition) is 9. The summed E-state index contributed by atoms with van der Waals surface area (Å²) in [6.45, 7) is 11.4. The standard InChI is InChI=1S/C40H56N2O9/c1-6-15-29-28-33(43)30-16-8-9-17-31(30)38(29)50-26-11-7-10-25-48-34-18-12-19-35(32(34)21-22-37(45)47-5)49-27-13-20-36(44)41-23-14-24-42-39(46)51-40(2,3)4/h6,12,16,18-19,28H,1,7-11,13-15,17,20-27H2,2-5H3,(H,41,44)(H,42,46). The summed E-state index contributed by atoms with van der Waals surface area (Å²) in [5.41, 5.74) is 2.94. The van der Waals surface area contributed by atoms with Gasteiger partial charge in [-0.3, -0.25) is 14.4 Å². The van der Waals surface area contributed by atoms with E-state index in [1.165, 1.54) is 7.11 Å². The maximum Gasteiger partial charge on any atom is 0.407 e. The molecule has 3 rings (SSSR count). The van der Waals surface area contributed by atoms with Gasteiger partial charge < -0.3 is 34.3 Å². The van der Waals surface area contributed by atoms with Crippen molar-refractivity contribution < 1.29 is 42.9 Å². The number of carbonyl (C=O) groups excluding carboxylic acids is 4. The maximum absolute atomic E-state index is 12.6. The molecule has 2 N–H and O–H groups in total. The van der Waals surface area contributed by atoms with Crippen LogP contribution in [0.1, 0.15) is 97.0 Å². The van der Waals surface area contributed by atoms with E-state index in [1.54, 1.807) is 32.9 Å². The largest absolute Gasteiger partial charge is 0.493 e. The van der Waals surface area contributed by atoms with Gasteiger partial charge in [0.25, 0.3) is 0 Å². The van der Waals surface area contributed by atoms with Crippen LogP contribution in [0.3, 0.4) is 0 Å². The molecule has 1 aromatic carbocycles. The Balaban J connectivity index is 1.42. The predicted octanol–water partition coefficient (Wildman–Crippen LogP) is 7.00. The van der Waals surface area contributed by atoms with Gasteiger partial charge in [-0.05, 0) is 103 Å². The molecule has 0 bridgehead atoms. The molecule has 0 saturated heterocycles. The van der Waals surface area contributed by atoms with E-state index in [0.29, 0.717) is 70.1 Å². The fourth-order valence-electron chi connectivity index (χ4n) is 5.70. The summed E-state index contributed by atoms with van der Waals surface area (Å²) in [6, 6.07) is 5.56. The number of esters is 1. The normalized spacial score (nSPS) is 14.1. The third-order valence-corrected chi connectivity index (χ3v) is 8.14. The van der Waals surface area contributed by atoms with Gasteiger partial charge in [-0.15, -0.1) is 6.58 Å². The lowest BCUT2D eigenvalue weighted by Crippen LogP contribution is -2.34. The Morgan fingerprint density at radius 1 is 0.902 bits per heavy atom.